The van der Waals surface area contributed by atoms with Gasteiger partial charge in [0.15, 0.2) is 10.8 Å². The van der Waals surface area contributed by atoms with Crippen LogP contribution in [0, 0.1) is 5.92 Å². The second-order valence-electron chi connectivity index (χ2n) is 10.1. The Labute approximate surface area is 261 Å². The SMILES string of the molecule is CC/C=C(\COC(=O)C1=C(/C=C\c2cccnc2)CS[C@@H]2[C@H](NC(=O)C(=NO)c3csc(N)n3)C(=O)N12)C(=O)OCC(C)C. The normalized spacial score (nSPS) is 18.7. The lowest BCUT2D eigenvalue weighted by Gasteiger charge is -2.49. The molecule has 2 aliphatic rings. The molecule has 1 fully saturated rings. The maximum atomic E-state index is 13.6. The molecule has 2 atom stereocenters. The Bertz CT molecular complexity index is 1530. The van der Waals surface area contributed by atoms with Crippen molar-refractivity contribution < 1.29 is 33.9 Å². The third-order valence-corrected chi connectivity index (χ3v) is 8.31. The molecule has 2 aliphatic heterocycles. The maximum absolute atomic E-state index is 13.6. The Balaban J connectivity index is 1.56. The van der Waals surface area contributed by atoms with E-state index in [-0.39, 0.29) is 41.2 Å². The molecule has 4 heterocycles. The van der Waals surface area contributed by atoms with Gasteiger partial charge < -0.3 is 25.7 Å². The van der Waals surface area contributed by atoms with Gasteiger partial charge in [-0.05, 0) is 29.5 Å². The molecule has 0 bridgehead atoms. The molecular weight excluding hydrogens is 608 g/mol. The molecule has 0 aliphatic carbocycles. The van der Waals surface area contributed by atoms with Crippen LogP contribution in [0.15, 0.2) is 64.1 Å². The minimum Gasteiger partial charge on any atom is -0.462 e. The number of fused-ring (bicyclic) bond motifs is 1. The van der Waals surface area contributed by atoms with E-state index < -0.39 is 40.9 Å². The van der Waals surface area contributed by atoms with Crippen LogP contribution >= 0.6 is 23.1 Å². The summed E-state index contributed by atoms with van der Waals surface area (Å²) in [7, 11) is 0. The van der Waals surface area contributed by atoms with Crippen molar-refractivity contribution in [2.45, 2.75) is 38.6 Å². The van der Waals surface area contributed by atoms with Gasteiger partial charge in [-0.15, -0.1) is 23.1 Å². The molecule has 2 aromatic heterocycles. The largest absolute Gasteiger partial charge is 0.462 e. The van der Waals surface area contributed by atoms with Gasteiger partial charge in [-0.25, -0.2) is 14.6 Å². The van der Waals surface area contributed by atoms with E-state index >= 15 is 0 Å². The molecular formula is C29H32N6O7S2. The number of nitrogen functional groups attached to an aromatic ring is 1. The van der Waals surface area contributed by atoms with Gasteiger partial charge in [0.05, 0.1) is 12.2 Å². The number of carbonyl (C=O) groups excluding carboxylic acids is 4. The molecule has 2 amide bonds. The van der Waals surface area contributed by atoms with E-state index in [1.807, 2.05) is 26.8 Å². The van der Waals surface area contributed by atoms with Crippen LogP contribution in [-0.4, -0.2) is 79.9 Å². The van der Waals surface area contributed by atoms with Gasteiger partial charge in [-0.1, -0.05) is 50.2 Å². The topological polar surface area (TPSA) is 186 Å². The highest BCUT2D eigenvalue weighted by Crippen LogP contribution is 2.41. The van der Waals surface area contributed by atoms with E-state index in [4.69, 9.17) is 15.2 Å². The number of aromatic nitrogens is 2. The average Bonchev–Trinajstić information content (AvgIpc) is 3.45. The average molecular weight is 641 g/mol. The minimum absolute atomic E-state index is 0.000825. The summed E-state index contributed by atoms with van der Waals surface area (Å²) in [4.78, 5) is 61.8. The summed E-state index contributed by atoms with van der Waals surface area (Å²) in [5.41, 5.74) is 6.76. The fourth-order valence-corrected chi connectivity index (χ4v) is 6.11. The third kappa shape index (κ3) is 7.52. The lowest BCUT2D eigenvalue weighted by Crippen LogP contribution is -2.71. The summed E-state index contributed by atoms with van der Waals surface area (Å²) < 4.78 is 10.9. The smallest absolute Gasteiger partial charge is 0.355 e. The summed E-state index contributed by atoms with van der Waals surface area (Å²) in [6.45, 7) is 5.53. The number of nitrogens with one attached hydrogen (secondary N) is 1. The predicted octanol–water partition coefficient (Wildman–Crippen LogP) is 2.74. The summed E-state index contributed by atoms with van der Waals surface area (Å²) in [5.74, 6) is -2.35. The van der Waals surface area contributed by atoms with E-state index in [0.717, 1.165) is 16.9 Å². The predicted molar refractivity (Wildman–Crippen MR) is 165 cm³/mol. The number of nitrogens with zero attached hydrogens (tertiary/aromatic N) is 4. The molecule has 0 aromatic carbocycles. The van der Waals surface area contributed by atoms with Gasteiger partial charge in [-0.3, -0.25) is 19.5 Å². The molecule has 13 nitrogen and oxygen atoms in total. The molecule has 0 unspecified atom stereocenters. The number of thiazole rings is 1. The maximum Gasteiger partial charge on any atom is 0.355 e. The highest BCUT2D eigenvalue weighted by Gasteiger charge is 2.54. The zero-order valence-electron chi connectivity index (χ0n) is 24.3. The molecule has 4 N–H and O–H groups in total. The fraction of sp³-hybridized carbons (Fsp3) is 0.345. The number of hydrogen-bond donors (Lipinski definition) is 3. The molecule has 44 heavy (non-hydrogen) atoms. The summed E-state index contributed by atoms with van der Waals surface area (Å²) in [6, 6.07) is 2.58. The Morgan fingerprint density at radius 3 is 2.73 bits per heavy atom. The summed E-state index contributed by atoms with van der Waals surface area (Å²) in [5, 5.41) is 16.0. The lowest BCUT2D eigenvalue weighted by atomic mass is 10.0. The first-order valence-corrected chi connectivity index (χ1v) is 15.6. The third-order valence-electron chi connectivity index (χ3n) is 6.34. The van der Waals surface area contributed by atoms with E-state index in [1.54, 1.807) is 36.7 Å². The second-order valence-corrected chi connectivity index (χ2v) is 12.1. The number of amides is 2. The highest BCUT2D eigenvalue weighted by molar-refractivity contribution is 8.00. The number of allylic oxidation sites excluding steroid dienone is 2. The number of pyridine rings is 1. The minimum atomic E-state index is -1.02. The fourth-order valence-electron chi connectivity index (χ4n) is 4.24. The first-order valence-electron chi connectivity index (χ1n) is 13.7. The van der Waals surface area contributed by atoms with Gasteiger partial charge in [0.25, 0.3) is 11.8 Å². The first kappa shape index (κ1) is 32.4. The molecule has 232 valence electrons. The van der Waals surface area contributed by atoms with Crippen LogP contribution in [-0.2, 0) is 28.7 Å². The summed E-state index contributed by atoms with van der Waals surface area (Å²) >= 11 is 2.39. The Hall–Kier alpha value is -4.50. The van der Waals surface area contributed by atoms with Crippen molar-refractivity contribution in [2.24, 2.45) is 11.1 Å². The molecule has 1 saturated heterocycles. The van der Waals surface area contributed by atoms with Crippen LogP contribution in [0.1, 0.15) is 38.4 Å². The number of nitrogens with two attached hydrogens (primary N) is 1. The highest BCUT2D eigenvalue weighted by atomic mass is 32.2. The van der Waals surface area contributed by atoms with Crippen molar-refractivity contribution in [1.82, 2.24) is 20.2 Å². The van der Waals surface area contributed by atoms with Crippen molar-refractivity contribution in [3.8, 4) is 0 Å². The molecule has 15 heteroatoms. The van der Waals surface area contributed by atoms with Crippen molar-refractivity contribution >= 4 is 63.8 Å². The van der Waals surface area contributed by atoms with E-state index in [1.165, 1.54) is 22.0 Å². The Morgan fingerprint density at radius 1 is 1.30 bits per heavy atom. The van der Waals surface area contributed by atoms with Gasteiger partial charge in [-0.2, -0.15) is 0 Å². The standard InChI is InChI=1S/C29H32N6O7S2/c1-4-6-18(27(38)41-12-16(2)3)13-42-28(39)23-19(9-8-17-7-5-10-31-11-17)14-43-26-22(25(37)35(23)26)33-24(36)21(34-40)20-15-44-29(30)32-20/h5-11,15-16,22,26,40H,4,12-14H2,1-3H3,(H2,30,32)(H,33,36)/b9-8-,18-6+,34-21?/t22-,26-/m1/s1. The lowest BCUT2D eigenvalue weighted by molar-refractivity contribution is -0.152. The van der Waals surface area contributed by atoms with Crippen LogP contribution in [0.5, 0.6) is 0 Å². The van der Waals surface area contributed by atoms with Gasteiger partial charge >= 0.3 is 11.9 Å². The zero-order valence-corrected chi connectivity index (χ0v) is 25.9. The number of ether oxygens (including phenoxy) is 2. The molecule has 0 spiro atoms. The van der Waals surface area contributed by atoms with Crippen LogP contribution < -0.4 is 11.1 Å². The number of β-lactam (4-membered cyclic amide) rings is 1. The van der Waals surface area contributed by atoms with Crippen molar-refractivity contribution in [3.63, 3.8) is 0 Å². The zero-order chi connectivity index (χ0) is 31.8. The van der Waals surface area contributed by atoms with E-state index in [0.29, 0.717) is 17.7 Å². The molecule has 4 rings (SSSR count). The Kier molecular flexibility index (Phi) is 10.9. The second kappa shape index (κ2) is 14.8. The number of esters is 2. The number of oxime groups is 1. The quantitative estimate of drug-likeness (QED) is 0.0773. The van der Waals surface area contributed by atoms with Crippen molar-refractivity contribution in [3.05, 3.63) is 70.2 Å². The number of carbonyl (C=O) groups is 4. The number of rotatable bonds is 12. The molecule has 0 radical (unpaired) electrons. The van der Waals surface area contributed by atoms with Crippen molar-refractivity contribution in [1.29, 1.82) is 0 Å². The van der Waals surface area contributed by atoms with Gasteiger partial charge in [0, 0.05) is 23.5 Å². The number of thioether (sulfide) groups is 1. The van der Waals surface area contributed by atoms with Crippen LogP contribution in [0.3, 0.4) is 0 Å². The number of hydrogen-bond acceptors (Lipinski definition) is 13. The van der Waals surface area contributed by atoms with Crippen LogP contribution in [0.4, 0.5) is 5.13 Å². The molecule has 2 aromatic rings. The number of anilines is 1. The van der Waals surface area contributed by atoms with Crippen LogP contribution in [0.2, 0.25) is 0 Å². The monoisotopic (exact) mass is 640 g/mol. The molecule has 0 saturated carbocycles. The van der Waals surface area contributed by atoms with Gasteiger partial charge in [0.2, 0.25) is 0 Å². The first-order chi connectivity index (χ1) is 21.1. The Morgan fingerprint density at radius 2 is 2.09 bits per heavy atom. The van der Waals surface area contributed by atoms with Crippen molar-refractivity contribution in [2.75, 3.05) is 24.7 Å². The van der Waals surface area contributed by atoms with E-state index in [9.17, 15) is 24.4 Å². The van der Waals surface area contributed by atoms with Gasteiger partial charge in [0.1, 0.15) is 29.4 Å². The van der Waals surface area contributed by atoms with E-state index in [2.05, 4.69) is 20.4 Å². The summed E-state index contributed by atoms with van der Waals surface area (Å²) in [6.07, 6.45) is 8.90. The van der Waals surface area contributed by atoms with Crippen LogP contribution in [0.25, 0.3) is 6.08 Å².